The molecule has 0 spiro atoms. The highest BCUT2D eigenvalue weighted by molar-refractivity contribution is 7.80. The van der Waals surface area contributed by atoms with Gasteiger partial charge in [-0.25, -0.2) is 13.7 Å². The number of hydrogen-bond acceptors (Lipinski definition) is 2. The first kappa shape index (κ1) is 10.6. The van der Waals surface area contributed by atoms with Crippen molar-refractivity contribution in [3.8, 4) is 0 Å². The average Bonchev–Trinajstić information content (AvgIpc) is 1.54. The summed E-state index contributed by atoms with van der Waals surface area (Å²) in [6.07, 6.45) is 0. The van der Waals surface area contributed by atoms with Crippen molar-refractivity contribution < 1.29 is 9.00 Å². The molecule has 0 aliphatic carbocycles. The summed E-state index contributed by atoms with van der Waals surface area (Å²) in [4.78, 5) is 10.9. The summed E-state index contributed by atoms with van der Waals surface area (Å²) in [5.74, 6) is -0.279. The van der Waals surface area contributed by atoms with Crippen LogP contribution in [0.5, 0.6) is 0 Å². The van der Waals surface area contributed by atoms with Gasteiger partial charge < -0.3 is 0 Å². The topological polar surface area (TPSA) is 63.4 Å². The predicted octanol–water partition coefficient (Wildman–Crippen LogP) is 0.171. The molecule has 1 amide bonds. The van der Waals surface area contributed by atoms with Gasteiger partial charge in [0, 0.05) is 12.5 Å². The van der Waals surface area contributed by atoms with E-state index in [1.54, 1.807) is 20.8 Å². The van der Waals surface area contributed by atoms with E-state index >= 15 is 0 Å². The number of nitrogens with zero attached hydrogens (tertiary/aromatic N) is 1. The molecule has 66 valence electrons. The van der Waals surface area contributed by atoms with Crippen LogP contribution in [0.3, 0.4) is 0 Å². The molecule has 0 aliphatic rings. The third kappa shape index (κ3) is 2.98. The molecule has 0 saturated carbocycles. The third-order valence-electron chi connectivity index (χ3n) is 1.08. The number of hydrogen-bond donors (Lipinski definition) is 1. The molecular weight excluding hydrogens is 164 g/mol. The fourth-order valence-electron chi connectivity index (χ4n) is 0.869. The van der Waals surface area contributed by atoms with Gasteiger partial charge in [-0.15, -0.1) is 0 Å². The van der Waals surface area contributed by atoms with Crippen molar-refractivity contribution in [2.45, 2.75) is 33.2 Å². The van der Waals surface area contributed by atoms with Crippen LogP contribution in [0.2, 0.25) is 0 Å². The van der Waals surface area contributed by atoms with E-state index < -0.39 is 16.7 Å². The molecule has 0 bridgehead atoms. The molecule has 4 nitrogen and oxygen atoms in total. The Morgan fingerprint density at radius 1 is 1.45 bits per heavy atom. The first-order valence-corrected chi connectivity index (χ1v) is 4.41. The van der Waals surface area contributed by atoms with Gasteiger partial charge in [-0.3, -0.25) is 4.79 Å². The van der Waals surface area contributed by atoms with E-state index in [0.29, 0.717) is 0 Å². The smallest absolute Gasteiger partial charge is 0.232 e. The van der Waals surface area contributed by atoms with Crippen LogP contribution in [0.4, 0.5) is 0 Å². The average molecular weight is 178 g/mol. The van der Waals surface area contributed by atoms with Gasteiger partial charge in [0.1, 0.15) is 0 Å². The summed E-state index contributed by atoms with van der Waals surface area (Å²) in [6, 6.07) is 0. The number of carbonyl (C=O) groups is 1. The highest BCUT2D eigenvalue weighted by Crippen LogP contribution is 2.13. The number of carbonyl (C=O) groups excluding carboxylic acids is 1. The van der Waals surface area contributed by atoms with E-state index in [9.17, 15) is 9.00 Å². The quantitative estimate of drug-likeness (QED) is 0.622. The van der Waals surface area contributed by atoms with Crippen molar-refractivity contribution in [3.05, 3.63) is 0 Å². The molecule has 0 aliphatic heterocycles. The monoisotopic (exact) mass is 178 g/mol. The standard InChI is InChI=1S/C6H14N2O2S/c1-5(9)8(11(7)10)6(2,3)4/h7H2,1-4H3. The first-order valence-electron chi connectivity index (χ1n) is 3.24. The second kappa shape index (κ2) is 3.32. The molecule has 0 fully saturated rings. The van der Waals surface area contributed by atoms with E-state index in [-0.39, 0.29) is 5.91 Å². The molecule has 2 N–H and O–H groups in total. The van der Waals surface area contributed by atoms with Crippen molar-refractivity contribution >= 4 is 17.1 Å². The molecule has 0 heterocycles. The Bertz CT molecular complexity index is 172. The minimum atomic E-state index is -1.72. The van der Waals surface area contributed by atoms with Gasteiger partial charge >= 0.3 is 0 Å². The summed E-state index contributed by atoms with van der Waals surface area (Å²) in [6.45, 7) is 6.67. The number of nitrogens with two attached hydrogens (primary N) is 1. The molecule has 5 heteroatoms. The van der Waals surface area contributed by atoms with Crippen LogP contribution in [0.1, 0.15) is 27.7 Å². The van der Waals surface area contributed by atoms with Crippen LogP contribution in [0, 0.1) is 0 Å². The molecule has 0 saturated heterocycles. The highest BCUT2D eigenvalue weighted by Gasteiger charge is 2.27. The summed E-state index contributed by atoms with van der Waals surface area (Å²) in [5, 5.41) is 5.10. The van der Waals surface area contributed by atoms with Crippen molar-refractivity contribution in [2.75, 3.05) is 0 Å². The van der Waals surface area contributed by atoms with E-state index in [1.165, 1.54) is 6.92 Å². The van der Waals surface area contributed by atoms with Crippen LogP contribution in [-0.2, 0) is 16.0 Å². The second-order valence-electron chi connectivity index (χ2n) is 3.26. The summed E-state index contributed by atoms with van der Waals surface area (Å²) >= 11 is -1.72. The van der Waals surface area contributed by atoms with Crippen LogP contribution < -0.4 is 5.14 Å². The van der Waals surface area contributed by atoms with Gasteiger partial charge in [-0.2, -0.15) is 0 Å². The molecule has 0 radical (unpaired) electrons. The van der Waals surface area contributed by atoms with Crippen molar-refractivity contribution in [1.82, 2.24) is 4.31 Å². The maximum Gasteiger partial charge on any atom is 0.232 e. The molecule has 1 atom stereocenters. The zero-order valence-electron chi connectivity index (χ0n) is 7.25. The maximum absolute atomic E-state index is 10.9. The van der Waals surface area contributed by atoms with Gasteiger partial charge in [-0.1, -0.05) is 0 Å². The Morgan fingerprint density at radius 3 is 1.82 bits per heavy atom. The zero-order chi connectivity index (χ0) is 9.23. The third-order valence-corrected chi connectivity index (χ3v) is 2.24. The van der Waals surface area contributed by atoms with Crippen molar-refractivity contribution in [2.24, 2.45) is 5.14 Å². The van der Waals surface area contributed by atoms with Crippen LogP contribution in [0.25, 0.3) is 0 Å². The number of rotatable bonds is 1. The summed E-state index contributed by atoms with van der Waals surface area (Å²) in [5.41, 5.74) is -0.481. The lowest BCUT2D eigenvalue weighted by atomic mass is 10.1. The van der Waals surface area contributed by atoms with Gasteiger partial charge in [0.2, 0.25) is 5.91 Å². The lowest BCUT2D eigenvalue weighted by molar-refractivity contribution is -0.126. The fraction of sp³-hybridized carbons (Fsp3) is 0.833. The van der Waals surface area contributed by atoms with E-state index in [2.05, 4.69) is 0 Å². The summed E-state index contributed by atoms with van der Waals surface area (Å²) in [7, 11) is 0. The SMILES string of the molecule is CC(=O)N(S(N)=O)C(C)(C)C. The first-order chi connectivity index (χ1) is 4.76. The minimum Gasteiger partial charge on any atom is -0.274 e. The van der Waals surface area contributed by atoms with Gasteiger partial charge in [0.25, 0.3) is 0 Å². The Morgan fingerprint density at radius 2 is 1.82 bits per heavy atom. The minimum absolute atomic E-state index is 0.279. The molecule has 0 aromatic heterocycles. The Kier molecular flexibility index (Phi) is 3.19. The number of amides is 1. The molecular formula is C6H14N2O2S. The van der Waals surface area contributed by atoms with E-state index in [1.807, 2.05) is 0 Å². The molecule has 0 aromatic carbocycles. The molecule has 0 rings (SSSR count). The molecule has 1 unspecified atom stereocenters. The van der Waals surface area contributed by atoms with E-state index in [4.69, 9.17) is 5.14 Å². The normalized spacial score (nSPS) is 14.3. The maximum atomic E-state index is 10.9. The van der Waals surface area contributed by atoms with Gasteiger partial charge in [-0.05, 0) is 20.8 Å². The Balaban J connectivity index is 4.63. The van der Waals surface area contributed by atoms with Crippen molar-refractivity contribution in [3.63, 3.8) is 0 Å². The second-order valence-corrected chi connectivity index (χ2v) is 4.18. The predicted molar refractivity (Wildman–Crippen MR) is 44.6 cm³/mol. The fourth-order valence-corrected chi connectivity index (χ4v) is 1.66. The zero-order valence-corrected chi connectivity index (χ0v) is 8.07. The lowest BCUT2D eigenvalue weighted by Gasteiger charge is -2.31. The van der Waals surface area contributed by atoms with Gasteiger partial charge in [0.15, 0.2) is 11.2 Å². The Labute approximate surface area is 69.5 Å². The van der Waals surface area contributed by atoms with Crippen molar-refractivity contribution in [1.29, 1.82) is 0 Å². The lowest BCUT2D eigenvalue weighted by Crippen LogP contribution is -2.47. The van der Waals surface area contributed by atoms with Gasteiger partial charge in [0.05, 0.1) is 0 Å². The molecule has 11 heavy (non-hydrogen) atoms. The van der Waals surface area contributed by atoms with E-state index in [0.717, 1.165) is 4.31 Å². The van der Waals surface area contributed by atoms with Crippen LogP contribution >= 0.6 is 0 Å². The highest BCUT2D eigenvalue weighted by atomic mass is 32.2. The summed E-state index contributed by atoms with van der Waals surface area (Å²) < 4.78 is 12.0. The Hall–Kier alpha value is -0.420. The molecule has 0 aromatic rings. The van der Waals surface area contributed by atoms with Crippen LogP contribution in [-0.4, -0.2) is 20.0 Å². The van der Waals surface area contributed by atoms with Crippen LogP contribution in [0.15, 0.2) is 0 Å². The largest absolute Gasteiger partial charge is 0.274 e.